The first-order chi connectivity index (χ1) is 9.10. The summed E-state index contributed by atoms with van der Waals surface area (Å²) in [4.78, 5) is 0. The van der Waals surface area contributed by atoms with Gasteiger partial charge in [-0.05, 0) is 42.8 Å². The van der Waals surface area contributed by atoms with E-state index in [2.05, 4.69) is 11.4 Å². The molecule has 1 N–H and O–H groups in total. The summed E-state index contributed by atoms with van der Waals surface area (Å²) >= 11 is 5.73. The van der Waals surface area contributed by atoms with E-state index in [9.17, 15) is 4.39 Å². The highest BCUT2D eigenvalue weighted by Gasteiger charge is 2.07. The standard InChI is InChI=1S/C15H12ClFN2/c1-10(12-4-2-11(9-18)3-5-12)19-13-6-7-15(17)14(16)8-13/h2-8,10,19H,1H3. The van der Waals surface area contributed by atoms with Crippen molar-refractivity contribution in [2.75, 3.05) is 5.32 Å². The first-order valence-corrected chi connectivity index (χ1v) is 6.19. The highest BCUT2D eigenvalue weighted by molar-refractivity contribution is 6.31. The fraction of sp³-hybridized carbons (Fsp3) is 0.133. The molecule has 2 rings (SSSR count). The van der Waals surface area contributed by atoms with Crippen molar-refractivity contribution >= 4 is 17.3 Å². The van der Waals surface area contributed by atoms with Gasteiger partial charge in [-0.2, -0.15) is 5.26 Å². The SMILES string of the molecule is CC(Nc1ccc(F)c(Cl)c1)c1ccc(C#N)cc1. The van der Waals surface area contributed by atoms with Gasteiger partial charge in [0.2, 0.25) is 0 Å². The van der Waals surface area contributed by atoms with Gasteiger partial charge in [-0.1, -0.05) is 23.7 Å². The zero-order valence-electron chi connectivity index (χ0n) is 10.3. The van der Waals surface area contributed by atoms with Crippen LogP contribution in [0.15, 0.2) is 42.5 Å². The van der Waals surface area contributed by atoms with Gasteiger partial charge in [0, 0.05) is 11.7 Å². The molecule has 96 valence electrons. The lowest BCUT2D eigenvalue weighted by atomic mass is 10.1. The van der Waals surface area contributed by atoms with Crippen LogP contribution in [0.2, 0.25) is 5.02 Å². The molecular formula is C15H12ClFN2. The van der Waals surface area contributed by atoms with Crippen LogP contribution in [0.1, 0.15) is 24.1 Å². The molecule has 2 aromatic carbocycles. The number of benzene rings is 2. The Hall–Kier alpha value is -2.05. The van der Waals surface area contributed by atoms with Gasteiger partial charge in [0.1, 0.15) is 5.82 Å². The smallest absolute Gasteiger partial charge is 0.141 e. The Morgan fingerprint density at radius 1 is 1.21 bits per heavy atom. The van der Waals surface area contributed by atoms with E-state index in [1.807, 2.05) is 19.1 Å². The number of halogens is 2. The average molecular weight is 275 g/mol. The zero-order valence-corrected chi connectivity index (χ0v) is 11.1. The number of rotatable bonds is 3. The zero-order chi connectivity index (χ0) is 13.8. The first kappa shape index (κ1) is 13.4. The minimum atomic E-state index is -0.432. The van der Waals surface area contributed by atoms with Crippen LogP contribution in [0.4, 0.5) is 10.1 Å². The van der Waals surface area contributed by atoms with Gasteiger partial charge >= 0.3 is 0 Å². The molecule has 0 amide bonds. The second-order valence-corrected chi connectivity index (χ2v) is 4.64. The molecule has 2 nitrogen and oxygen atoms in total. The summed E-state index contributed by atoms with van der Waals surface area (Å²) in [6.07, 6.45) is 0. The van der Waals surface area contributed by atoms with Crippen LogP contribution < -0.4 is 5.32 Å². The van der Waals surface area contributed by atoms with E-state index in [0.717, 1.165) is 11.3 Å². The van der Waals surface area contributed by atoms with Crippen molar-refractivity contribution in [3.63, 3.8) is 0 Å². The largest absolute Gasteiger partial charge is 0.378 e. The topological polar surface area (TPSA) is 35.8 Å². The number of anilines is 1. The minimum Gasteiger partial charge on any atom is -0.378 e. The Balaban J connectivity index is 2.13. The Labute approximate surface area is 116 Å². The van der Waals surface area contributed by atoms with E-state index in [0.29, 0.717) is 5.56 Å². The number of hydrogen-bond donors (Lipinski definition) is 1. The molecule has 0 bridgehead atoms. The summed E-state index contributed by atoms with van der Waals surface area (Å²) in [6.45, 7) is 1.98. The molecular weight excluding hydrogens is 263 g/mol. The highest BCUT2D eigenvalue weighted by Crippen LogP contribution is 2.23. The van der Waals surface area contributed by atoms with Crippen molar-refractivity contribution in [2.45, 2.75) is 13.0 Å². The molecule has 0 fully saturated rings. The second kappa shape index (κ2) is 5.73. The summed E-state index contributed by atoms with van der Waals surface area (Å²) in [5, 5.41) is 12.1. The predicted molar refractivity (Wildman–Crippen MR) is 74.6 cm³/mol. The Morgan fingerprint density at radius 2 is 1.89 bits per heavy atom. The van der Waals surface area contributed by atoms with E-state index in [1.54, 1.807) is 24.3 Å². The quantitative estimate of drug-likeness (QED) is 0.893. The van der Waals surface area contributed by atoms with E-state index in [4.69, 9.17) is 16.9 Å². The fourth-order valence-corrected chi connectivity index (χ4v) is 1.95. The Bertz CT molecular complexity index is 617. The molecule has 2 aromatic rings. The van der Waals surface area contributed by atoms with Crippen LogP contribution in [0.25, 0.3) is 0 Å². The molecule has 0 saturated heterocycles. The summed E-state index contributed by atoms with van der Waals surface area (Å²) in [5.74, 6) is -0.432. The maximum absolute atomic E-state index is 13.1. The number of nitrogens with zero attached hydrogens (tertiary/aromatic N) is 1. The highest BCUT2D eigenvalue weighted by atomic mass is 35.5. The molecule has 0 radical (unpaired) electrons. The summed E-state index contributed by atoms with van der Waals surface area (Å²) in [5.41, 5.74) is 2.42. The molecule has 0 heterocycles. The third-order valence-electron chi connectivity index (χ3n) is 2.84. The van der Waals surface area contributed by atoms with Crippen molar-refractivity contribution < 1.29 is 4.39 Å². The molecule has 4 heteroatoms. The lowest BCUT2D eigenvalue weighted by Gasteiger charge is -2.16. The van der Waals surface area contributed by atoms with Crippen LogP contribution in [0.5, 0.6) is 0 Å². The van der Waals surface area contributed by atoms with Gasteiger partial charge in [0.15, 0.2) is 0 Å². The van der Waals surface area contributed by atoms with Crippen LogP contribution in [-0.2, 0) is 0 Å². The normalized spacial score (nSPS) is 11.7. The predicted octanol–water partition coefficient (Wildman–Crippen LogP) is 4.52. The van der Waals surface area contributed by atoms with Gasteiger partial charge in [-0.15, -0.1) is 0 Å². The van der Waals surface area contributed by atoms with E-state index in [1.165, 1.54) is 6.07 Å². The van der Waals surface area contributed by atoms with Crippen LogP contribution in [-0.4, -0.2) is 0 Å². The molecule has 19 heavy (non-hydrogen) atoms. The number of nitrogens with one attached hydrogen (secondary N) is 1. The Morgan fingerprint density at radius 3 is 2.47 bits per heavy atom. The lowest BCUT2D eigenvalue weighted by Crippen LogP contribution is -2.06. The van der Waals surface area contributed by atoms with Crippen molar-refractivity contribution in [3.05, 3.63) is 64.4 Å². The molecule has 0 saturated carbocycles. The van der Waals surface area contributed by atoms with Crippen molar-refractivity contribution in [1.29, 1.82) is 5.26 Å². The maximum Gasteiger partial charge on any atom is 0.141 e. The third-order valence-corrected chi connectivity index (χ3v) is 3.13. The Kier molecular flexibility index (Phi) is 4.03. The maximum atomic E-state index is 13.1. The minimum absolute atomic E-state index is 0.0364. The fourth-order valence-electron chi connectivity index (χ4n) is 1.77. The van der Waals surface area contributed by atoms with E-state index >= 15 is 0 Å². The summed E-state index contributed by atoms with van der Waals surface area (Å²) in [6, 6.07) is 14.0. The van der Waals surface area contributed by atoms with Gasteiger partial charge in [0.25, 0.3) is 0 Å². The van der Waals surface area contributed by atoms with Gasteiger partial charge in [-0.3, -0.25) is 0 Å². The molecule has 0 aliphatic heterocycles. The monoisotopic (exact) mass is 274 g/mol. The van der Waals surface area contributed by atoms with Gasteiger partial charge in [-0.25, -0.2) is 4.39 Å². The lowest BCUT2D eigenvalue weighted by molar-refractivity contribution is 0.628. The third kappa shape index (κ3) is 3.24. The van der Waals surface area contributed by atoms with Crippen molar-refractivity contribution in [1.82, 2.24) is 0 Å². The van der Waals surface area contributed by atoms with E-state index < -0.39 is 5.82 Å². The molecule has 1 atom stereocenters. The van der Waals surface area contributed by atoms with Gasteiger partial charge in [0.05, 0.1) is 16.7 Å². The van der Waals surface area contributed by atoms with Gasteiger partial charge < -0.3 is 5.32 Å². The molecule has 0 spiro atoms. The van der Waals surface area contributed by atoms with Crippen LogP contribution in [0, 0.1) is 17.1 Å². The number of nitriles is 1. The molecule has 0 aliphatic rings. The first-order valence-electron chi connectivity index (χ1n) is 5.82. The number of hydrogen-bond acceptors (Lipinski definition) is 2. The summed E-state index contributed by atoms with van der Waals surface area (Å²) in [7, 11) is 0. The average Bonchev–Trinajstić information content (AvgIpc) is 2.43. The van der Waals surface area contributed by atoms with Crippen molar-refractivity contribution in [3.8, 4) is 6.07 Å². The van der Waals surface area contributed by atoms with Crippen LogP contribution in [0.3, 0.4) is 0 Å². The second-order valence-electron chi connectivity index (χ2n) is 4.23. The van der Waals surface area contributed by atoms with Crippen LogP contribution >= 0.6 is 11.6 Å². The molecule has 1 unspecified atom stereocenters. The van der Waals surface area contributed by atoms with Crippen molar-refractivity contribution in [2.24, 2.45) is 0 Å². The molecule has 0 aliphatic carbocycles. The van der Waals surface area contributed by atoms with E-state index in [-0.39, 0.29) is 11.1 Å². The molecule has 0 aromatic heterocycles. The summed E-state index contributed by atoms with van der Waals surface area (Å²) < 4.78 is 13.1.